The first-order chi connectivity index (χ1) is 25.4. The lowest BCUT2D eigenvalue weighted by atomic mass is 10.2. The number of carbonyl (C=O) groups excluding carboxylic acids is 3. The first-order valence-electron chi connectivity index (χ1n) is 14.9. The maximum Gasteiger partial charge on any atom is 0.333 e. The minimum absolute atomic E-state index is 0.0157. The van der Waals surface area contributed by atoms with Gasteiger partial charge in [-0.15, -0.1) is 0 Å². The van der Waals surface area contributed by atoms with Gasteiger partial charge < -0.3 is 24.1 Å². The second-order valence-corrected chi connectivity index (χ2v) is 14.7. The Morgan fingerprint density at radius 1 is 0.630 bits per heavy atom. The van der Waals surface area contributed by atoms with Crippen molar-refractivity contribution in [1.29, 1.82) is 0 Å². The summed E-state index contributed by atoms with van der Waals surface area (Å²) in [5.41, 5.74) is 9.04. The van der Waals surface area contributed by atoms with E-state index in [1.807, 2.05) is 6.92 Å². The number of carbonyl (C=O) groups is 3. The summed E-state index contributed by atoms with van der Waals surface area (Å²) in [5, 5.41) is 12.3. The van der Waals surface area contributed by atoms with Crippen molar-refractivity contribution < 1.29 is 76.2 Å². The van der Waals surface area contributed by atoms with Crippen molar-refractivity contribution in [2.24, 2.45) is 5.11 Å². The summed E-state index contributed by atoms with van der Waals surface area (Å²) in [6.07, 6.45) is 0.548. The third-order valence-corrected chi connectivity index (χ3v) is 9.79. The SMILES string of the molecule is COC(=O)COS(=O)(=O)c1ccc(C)cc1.COC(=O)COS(=O)(=O)c1ccc(O)cc1.COC(=O)COS(=O)(=O)c1ccc(OCCCN=[N+]=[N-])cc1. The molecule has 0 saturated heterocycles. The van der Waals surface area contributed by atoms with Gasteiger partial charge in [-0.2, -0.15) is 25.3 Å². The summed E-state index contributed by atoms with van der Waals surface area (Å²) in [6.45, 7) is 0.517. The average Bonchev–Trinajstić information content (AvgIpc) is 3.16. The predicted octanol–water partition coefficient (Wildman–Crippen LogP) is 2.79. The van der Waals surface area contributed by atoms with Crippen LogP contribution in [0.15, 0.2) is 92.6 Å². The molecule has 23 heteroatoms. The topological polar surface area (TPSA) is 287 Å². The number of benzene rings is 3. The van der Waals surface area contributed by atoms with Gasteiger partial charge in [-0.3, -0.25) is 12.5 Å². The van der Waals surface area contributed by atoms with Gasteiger partial charge in [-0.1, -0.05) is 22.8 Å². The number of phenolic OH excluding ortho intramolecular Hbond substituents is 1. The molecule has 3 aromatic carbocycles. The standard InChI is InChI=1S/C12H15N3O6S.C10H12O5S.C9H10O6S/c1-19-12(16)9-21-22(17,18)11-5-3-10(4-6-11)20-8-2-7-14-15-13;1-8-3-5-9(6-4-8)16(12,13)15-7-10(11)14-2;1-14-9(11)6-15-16(12,13)8-4-2-7(10)3-5-8/h3-6H,2,7-9H2,1H3;3-6H,7H2,1-2H3;2-5,10H,6H2,1H3. The first kappa shape index (κ1) is 46.7. The molecular formula is C31H37N3O17S3. The van der Waals surface area contributed by atoms with Crippen molar-refractivity contribution in [2.75, 3.05) is 54.3 Å². The number of azide groups is 1. The summed E-state index contributed by atoms with van der Waals surface area (Å²) < 4.78 is 101. The zero-order valence-corrected chi connectivity index (χ0v) is 31.7. The number of nitrogens with zero attached hydrogens (tertiary/aromatic N) is 3. The minimum Gasteiger partial charge on any atom is -0.508 e. The fourth-order valence-electron chi connectivity index (χ4n) is 3.15. The monoisotopic (exact) mass is 819 g/mol. The fourth-order valence-corrected chi connectivity index (χ4v) is 5.72. The van der Waals surface area contributed by atoms with E-state index in [9.17, 15) is 39.6 Å². The van der Waals surface area contributed by atoms with Crippen LogP contribution in [0.2, 0.25) is 0 Å². The highest BCUT2D eigenvalue weighted by atomic mass is 32.2. The molecule has 0 atom stereocenters. The number of aryl methyl sites for hydroxylation is 1. The molecule has 0 heterocycles. The quantitative estimate of drug-likeness (QED) is 0.0389. The van der Waals surface area contributed by atoms with E-state index in [0.717, 1.165) is 26.9 Å². The molecule has 54 heavy (non-hydrogen) atoms. The minimum atomic E-state index is -4.03. The highest BCUT2D eigenvalue weighted by Crippen LogP contribution is 2.19. The van der Waals surface area contributed by atoms with Crippen molar-refractivity contribution in [2.45, 2.75) is 28.0 Å². The van der Waals surface area contributed by atoms with Crippen molar-refractivity contribution in [3.05, 3.63) is 88.8 Å². The van der Waals surface area contributed by atoms with Crippen LogP contribution in [0.5, 0.6) is 11.5 Å². The van der Waals surface area contributed by atoms with Gasteiger partial charge in [0.15, 0.2) is 19.8 Å². The van der Waals surface area contributed by atoms with Crippen LogP contribution in [-0.4, -0.2) is 103 Å². The van der Waals surface area contributed by atoms with Gasteiger partial charge in [0.25, 0.3) is 30.4 Å². The van der Waals surface area contributed by atoms with Gasteiger partial charge in [-0.25, -0.2) is 14.4 Å². The maximum atomic E-state index is 11.8. The molecule has 3 rings (SSSR count). The molecule has 0 aliphatic heterocycles. The highest BCUT2D eigenvalue weighted by Gasteiger charge is 2.19. The van der Waals surface area contributed by atoms with Gasteiger partial charge in [0, 0.05) is 11.5 Å². The summed E-state index contributed by atoms with van der Waals surface area (Å²) in [4.78, 5) is 34.7. The van der Waals surface area contributed by atoms with E-state index in [4.69, 9.17) is 15.4 Å². The highest BCUT2D eigenvalue weighted by molar-refractivity contribution is 7.87. The lowest BCUT2D eigenvalue weighted by molar-refractivity contribution is -0.143. The van der Waals surface area contributed by atoms with Crippen LogP contribution in [0.4, 0.5) is 0 Å². The largest absolute Gasteiger partial charge is 0.508 e. The van der Waals surface area contributed by atoms with Crippen molar-refractivity contribution in [1.82, 2.24) is 0 Å². The Morgan fingerprint density at radius 3 is 1.33 bits per heavy atom. The fraction of sp³-hybridized carbons (Fsp3) is 0.323. The van der Waals surface area contributed by atoms with Crippen LogP contribution < -0.4 is 4.74 Å². The number of methoxy groups -OCH3 is 3. The molecule has 0 unspecified atom stereocenters. The number of aromatic hydroxyl groups is 1. The van der Waals surface area contributed by atoms with E-state index >= 15 is 0 Å². The van der Waals surface area contributed by atoms with Gasteiger partial charge in [0.05, 0.1) is 42.6 Å². The molecule has 0 fully saturated rings. The lowest BCUT2D eigenvalue weighted by Gasteiger charge is -2.07. The number of esters is 3. The summed E-state index contributed by atoms with van der Waals surface area (Å²) >= 11 is 0. The predicted molar refractivity (Wildman–Crippen MR) is 185 cm³/mol. The molecule has 0 saturated carbocycles. The molecule has 296 valence electrons. The molecule has 0 radical (unpaired) electrons. The number of hydrogen-bond acceptors (Lipinski definition) is 18. The molecular weight excluding hydrogens is 783 g/mol. The summed E-state index contributed by atoms with van der Waals surface area (Å²) in [6, 6.07) is 16.4. The van der Waals surface area contributed by atoms with E-state index in [-0.39, 0.29) is 20.4 Å². The van der Waals surface area contributed by atoms with Crippen LogP contribution in [-0.2, 0) is 71.5 Å². The number of ether oxygens (including phenoxy) is 4. The Balaban J connectivity index is 0.000000413. The van der Waals surface area contributed by atoms with Crippen molar-refractivity contribution >= 4 is 48.3 Å². The van der Waals surface area contributed by atoms with E-state index in [2.05, 4.69) is 36.8 Å². The van der Waals surface area contributed by atoms with Crippen LogP contribution in [0.25, 0.3) is 10.4 Å². The van der Waals surface area contributed by atoms with Crippen LogP contribution >= 0.6 is 0 Å². The van der Waals surface area contributed by atoms with Gasteiger partial charge >= 0.3 is 17.9 Å². The maximum absolute atomic E-state index is 11.8. The molecule has 0 aliphatic carbocycles. The van der Waals surface area contributed by atoms with Crippen LogP contribution in [0.3, 0.4) is 0 Å². The number of rotatable bonds is 17. The molecule has 0 bridgehead atoms. The Morgan fingerprint density at radius 2 is 0.981 bits per heavy atom. The molecule has 20 nitrogen and oxygen atoms in total. The van der Waals surface area contributed by atoms with E-state index in [1.165, 1.54) is 60.7 Å². The van der Waals surface area contributed by atoms with Crippen LogP contribution in [0, 0.1) is 6.92 Å². The molecule has 3 aromatic rings. The molecule has 0 aliphatic rings. The Bertz CT molecular complexity index is 1940. The van der Waals surface area contributed by atoms with E-state index in [0.29, 0.717) is 25.3 Å². The molecule has 1 N–H and O–H groups in total. The average molecular weight is 820 g/mol. The zero-order valence-electron chi connectivity index (χ0n) is 29.2. The smallest absolute Gasteiger partial charge is 0.333 e. The van der Waals surface area contributed by atoms with Gasteiger partial charge in [0.1, 0.15) is 11.5 Å². The Labute approximate surface area is 311 Å². The number of phenols is 1. The third-order valence-electron chi connectivity index (χ3n) is 5.96. The second-order valence-electron chi connectivity index (χ2n) is 9.81. The van der Waals surface area contributed by atoms with Crippen molar-refractivity contribution in [3.8, 4) is 11.5 Å². The Hall–Kier alpha value is -5.29. The summed E-state index contributed by atoms with van der Waals surface area (Å²) in [5.74, 6) is -1.92. The van der Waals surface area contributed by atoms with Crippen LogP contribution in [0.1, 0.15) is 12.0 Å². The summed E-state index contributed by atoms with van der Waals surface area (Å²) in [7, 11) is -8.49. The Kier molecular flexibility index (Phi) is 20.2. The van der Waals surface area contributed by atoms with E-state index < -0.39 is 68.1 Å². The molecule has 0 amide bonds. The third kappa shape index (κ3) is 18.0. The second kappa shape index (κ2) is 23.4. The van der Waals surface area contributed by atoms with Gasteiger partial charge in [-0.05, 0) is 79.5 Å². The molecule has 0 aromatic heterocycles. The van der Waals surface area contributed by atoms with Crippen molar-refractivity contribution in [3.63, 3.8) is 0 Å². The van der Waals surface area contributed by atoms with E-state index in [1.54, 1.807) is 12.1 Å². The van der Waals surface area contributed by atoms with Gasteiger partial charge in [0.2, 0.25) is 0 Å². The zero-order chi connectivity index (χ0) is 40.8. The molecule has 0 spiro atoms. The number of hydrogen-bond donors (Lipinski definition) is 1. The normalized spacial score (nSPS) is 10.9. The lowest BCUT2D eigenvalue weighted by Crippen LogP contribution is -2.15. The first-order valence-corrected chi connectivity index (χ1v) is 19.1.